The molecule has 38 heavy (non-hydrogen) atoms. The molecule has 1 N–H and O–H groups in total. The average molecular weight is 574 g/mol. The van der Waals surface area contributed by atoms with Gasteiger partial charge in [-0.3, -0.25) is 0 Å². The molecule has 4 nitrogen and oxygen atoms in total. The lowest BCUT2D eigenvalue weighted by Crippen LogP contribution is -2.33. The summed E-state index contributed by atoms with van der Waals surface area (Å²) >= 11 is 3.40. The topological polar surface area (TPSA) is 47.9 Å². The van der Waals surface area contributed by atoms with E-state index in [2.05, 4.69) is 52.3 Å². The molecule has 0 heterocycles. The highest BCUT2D eigenvalue weighted by Gasteiger charge is 2.37. The van der Waals surface area contributed by atoms with E-state index >= 15 is 0 Å². The fraction of sp³-hybridized carbons (Fsp3) is 0.212. The van der Waals surface area contributed by atoms with Crippen LogP contribution >= 0.6 is 15.9 Å². The minimum absolute atomic E-state index is 0.168. The fourth-order valence-corrected chi connectivity index (χ4v) is 4.53. The molecule has 4 rings (SSSR count). The van der Waals surface area contributed by atoms with Gasteiger partial charge in [-0.25, -0.2) is 0 Å². The van der Waals surface area contributed by atoms with Crippen LogP contribution < -0.4 is 4.74 Å². The molecule has 0 amide bonds. The van der Waals surface area contributed by atoms with Gasteiger partial charge >= 0.3 is 0 Å². The van der Waals surface area contributed by atoms with Crippen LogP contribution in [0.3, 0.4) is 0 Å². The van der Waals surface area contributed by atoms with Crippen LogP contribution in [-0.4, -0.2) is 37.6 Å². The van der Waals surface area contributed by atoms with Gasteiger partial charge in [-0.15, -0.1) is 0 Å². The predicted octanol–water partition coefficient (Wildman–Crippen LogP) is 7.16. The van der Waals surface area contributed by atoms with Crippen molar-refractivity contribution in [2.24, 2.45) is 0 Å². The summed E-state index contributed by atoms with van der Waals surface area (Å²) in [6, 6.07) is 38.5. The first-order valence-electron chi connectivity index (χ1n) is 12.7. The van der Waals surface area contributed by atoms with E-state index in [-0.39, 0.29) is 13.2 Å². The quantitative estimate of drug-likeness (QED) is 0.136. The van der Waals surface area contributed by atoms with Crippen LogP contribution in [0.15, 0.2) is 131 Å². The molecule has 0 aliphatic carbocycles. The van der Waals surface area contributed by atoms with E-state index in [1.807, 2.05) is 91.9 Å². The summed E-state index contributed by atoms with van der Waals surface area (Å²) in [7, 11) is 0. The van der Waals surface area contributed by atoms with Gasteiger partial charge in [-0.2, -0.15) is 0 Å². The number of benzene rings is 4. The standard InChI is InChI=1S/C33H33BrO4/c1-26(23-36-24-31(35)25-37-32-19-17-30(34)18-20-32)21-22-38-33(27-11-5-2-6-12-27,28-13-7-3-8-14-28)29-15-9-4-10-16-29/h2-21,31,35H,22-25H2,1H3. The van der Waals surface area contributed by atoms with Gasteiger partial charge in [0.15, 0.2) is 0 Å². The van der Waals surface area contributed by atoms with E-state index < -0.39 is 11.7 Å². The van der Waals surface area contributed by atoms with E-state index in [9.17, 15) is 5.11 Å². The van der Waals surface area contributed by atoms with E-state index in [0.717, 1.165) is 26.7 Å². The first-order valence-corrected chi connectivity index (χ1v) is 13.5. The molecule has 0 fully saturated rings. The second-order valence-corrected chi connectivity index (χ2v) is 9.99. The summed E-state index contributed by atoms with van der Waals surface area (Å²) in [4.78, 5) is 0. The Morgan fingerprint density at radius 3 is 1.76 bits per heavy atom. The second kappa shape index (κ2) is 14.1. The molecule has 0 aliphatic heterocycles. The Hall–Kier alpha value is -3.22. The Labute approximate surface area is 233 Å². The van der Waals surface area contributed by atoms with Crippen molar-refractivity contribution in [3.8, 4) is 5.75 Å². The van der Waals surface area contributed by atoms with Crippen molar-refractivity contribution in [2.75, 3.05) is 26.4 Å². The number of hydrogen-bond acceptors (Lipinski definition) is 4. The lowest BCUT2D eigenvalue weighted by atomic mass is 9.80. The van der Waals surface area contributed by atoms with E-state index in [1.54, 1.807) is 0 Å². The number of aliphatic hydroxyl groups excluding tert-OH is 1. The Morgan fingerprint density at radius 2 is 1.26 bits per heavy atom. The molecule has 0 bridgehead atoms. The lowest BCUT2D eigenvalue weighted by Gasteiger charge is -2.35. The number of ether oxygens (including phenoxy) is 3. The van der Waals surface area contributed by atoms with Gasteiger partial charge in [0.05, 0.1) is 19.8 Å². The molecule has 4 aromatic carbocycles. The maximum Gasteiger partial charge on any atom is 0.144 e. The SMILES string of the molecule is CC(=CCOC(c1ccccc1)(c1ccccc1)c1ccccc1)COCC(O)COc1ccc(Br)cc1. The van der Waals surface area contributed by atoms with Crippen molar-refractivity contribution in [1.82, 2.24) is 0 Å². The van der Waals surface area contributed by atoms with Crippen molar-refractivity contribution in [3.63, 3.8) is 0 Å². The van der Waals surface area contributed by atoms with Crippen LogP contribution in [-0.2, 0) is 15.1 Å². The highest BCUT2D eigenvalue weighted by Crippen LogP contribution is 2.40. The van der Waals surface area contributed by atoms with E-state index in [4.69, 9.17) is 14.2 Å². The number of aliphatic hydroxyl groups is 1. The fourth-order valence-electron chi connectivity index (χ4n) is 4.26. The van der Waals surface area contributed by atoms with E-state index in [0.29, 0.717) is 19.0 Å². The van der Waals surface area contributed by atoms with Gasteiger partial charge in [-0.1, -0.05) is 113 Å². The Balaban J connectivity index is 1.40. The zero-order valence-electron chi connectivity index (χ0n) is 21.5. The maximum atomic E-state index is 10.2. The number of halogens is 1. The first kappa shape index (κ1) is 27.8. The summed E-state index contributed by atoms with van der Waals surface area (Å²) < 4.78 is 19.1. The lowest BCUT2D eigenvalue weighted by molar-refractivity contribution is 0.0179. The largest absolute Gasteiger partial charge is 0.491 e. The smallest absolute Gasteiger partial charge is 0.144 e. The van der Waals surface area contributed by atoms with Crippen molar-refractivity contribution >= 4 is 15.9 Å². The van der Waals surface area contributed by atoms with Crippen molar-refractivity contribution in [1.29, 1.82) is 0 Å². The third kappa shape index (κ3) is 7.42. The van der Waals surface area contributed by atoms with Crippen LogP contribution in [0.25, 0.3) is 0 Å². The van der Waals surface area contributed by atoms with E-state index in [1.165, 1.54) is 0 Å². The van der Waals surface area contributed by atoms with Crippen LogP contribution in [0.2, 0.25) is 0 Å². The zero-order chi connectivity index (χ0) is 26.6. The summed E-state index contributed by atoms with van der Waals surface area (Å²) in [6.07, 6.45) is 1.32. The summed E-state index contributed by atoms with van der Waals surface area (Å²) in [6.45, 7) is 3.14. The van der Waals surface area contributed by atoms with Gasteiger partial charge in [0.25, 0.3) is 0 Å². The van der Waals surface area contributed by atoms with Crippen LogP contribution in [0.4, 0.5) is 0 Å². The Bertz CT molecular complexity index is 1160. The first-order chi connectivity index (χ1) is 18.6. The summed E-state index contributed by atoms with van der Waals surface area (Å²) in [5.74, 6) is 0.708. The van der Waals surface area contributed by atoms with Crippen LogP contribution in [0.5, 0.6) is 5.75 Å². The molecular formula is C33H33BrO4. The Kier molecular flexibility index (Phi) is 10.3. The molecule has 0 aromatic heterocycles. The molecule has 196 valence electrons. The zero-order valence-corrected chi connectivity index (χ0v) is 23.1. The normalized spacial score (nSPS) is 12.8. The minimum atomic E-state index is -0.762. The number of rotatable bonds is 13. The summed E-state index contributed by atoms with van der Waals surface area (Å²) in [5.41, 5.74) is 3.45. The third-order valence-corrected chi connectivity index (χ3v) is 6.70. The number of hydrogen-bond donors (Lipinski definition) is 1. The molecular weight excluding hydrogens is 540 g/mol. The third-order valence-electron chi connectivity index (χ3n) is 6.17. The molecule has 1 atom stereocenters. The van der Waals surface area contributed by atoms with Crippen molar-refractivity contribution < 1.29 is 19.3 Å². The van der Waals surface area contributed by atoms with Crippen LogP contribution in [0.1, 0.15) is 23.6 Å². The molecule has 0 saturated heterocycles. The minimum Gasteiger partial charge on any atom is -0.491 e. The van der Waals surface area contributed by atoms with Gasteiger partial charge in [-0.05, 0) is 53.5 Å². The molecule has 0 aliphatic rings. The van der Waals surface area contributed by atoms with Crippen molar-refractivity contribution in [2.45, 2.75) is 18.6 Å². The van der Waals surface area contributed by atoms with Gasteiger partial charge in [0, 0.05) is 4.47 Å². The predicted molar refractivity (Wildman–Crippen MR) is 155 cm³/mol. The summed E-state index contributed by atoms with van der Waals surface area (Å²) in [5, 5.41) is 10.2. The molecule has 0 saturated carbocycles. The molecule has 1 unspecified atom stereocenters. The Morgan fingerprint density at radius 1 is 0.763 bits per heavy atom. The molecule has 0 spiro atoms. The van der Waals surface area contributed by atoms with Crippen molar-refractivity contribution in [3.05, 3.63) is 148 Å². The van der Waals surface area contributed by atoms with Crippen LogP contribution in [0, 0.1) is 0 Å². The second-order valence-electron chi connectivity index (χ2n) is 9.07. The van der Waals surface area contributed by atoms with Gasteiger partial charge in [0.2, 0.25) is 0 Å². The molecule has 4 aromatic rings. The van der Waals surface area contributed by atoms with Gasteiger partial charge in [0.1, 0.15) is 24.1 Å². The molecule has 0 radical (unpaired) electrons. The highest BCUT2D eigenvalue weighted by molar-refractivity contribution is 9.10. The monoisotopic (exact) mass is 572 g/mol. The molecule has 5 heteroatoms. The van der Waals surface area contributed by atoms with Gasteiger partial charge < -0.3 is 19.3 Å². The maximum absolute atomic E-state index is 10.2. The highest BCUT2D eigenvalue weighted by atomic mass is 79.9. The average Bonchev–Trinajstić information content (AvgIpc) is 2.96.